The Kier molecular flexibility index (Phi) is 5.50. The Hall–Kier alpha value is -5.46. The first kappa shape index (κ1) is 27.6. The number of fused-ring (bicyclic) bond motifs is 6. The molecule has 0 radical (unpaired) electrons. The average molecular weight is 613 g/mol. The summed E-state index contributed by atoms with van der Waals surface area (Å²) in [6, 6.07) is 42.0. The Morgan fingerprint density at radius 1 is 0.292 bits per heavy atom. The van der Waals surface area contributed by atoms with Crippen molar-refractivity contribution in [1.29, 1.82) is 0 Å². The maximum atomic E-state index is 2.44. The van der Waals surface area contributed by atoms with Gasteiger partial charge in [0, 0.05) is 0 Å². The number of hydrogen-bond donors (Lipinski definition) is 0. The summed E-state index contributed by atoms with van der Waals surface area (Å²) in [4.78, 5) is 0. The third-order valence-corrected chi connectivity index (χ3v) is 11.3. The van der Waals surface area contributed by atoms with Gasteiger partial charge in [-0.25, -0.2) is 0 Å². The van der Waals surface area contributed by atoms with Gasteiger partial charge in [0.2, 0.25) is 0 Å². The van der Waals surface area contributed by atoms with Crippen LogP contribution < -0.4 is 0 Å². The topological polar surface area (TPSA) is 0 Å². The number of hydrogen-bond acceptors (Lipinski definition) is 0. The zero-order valence-corrected chi connectivity index (χ0v) is 28.4. The van der Waals surface area contributed by atoms with E-state index in [1.165, 1.54) is 132 Å². The minimum atomic E-state index is 1.31. The van der Waals surface area contributed by atoms with E-state index in [9.17, 15) is 0 Å². The van der Waals surface area contributed by atoms with E-state index >= 15 is 0 Å². The quantitative estimate of drug-likeness (QED) is 0.135. The lowest BCUT2D eigenvalue weighted by Gasteiger charge is -2.24. The highest BCUT2D eigenvalue weighted by Gasteiger charge is 2.33. The molecule has 0 heteroatoms. The highest BCUT2D eigenvalue weighted by molar-refractivity contribution is 6.39. The Bertz CT molecular complexity index is 2640. The molecule has 0 heterocycles. The van der Waals surface area contributed by atoms with Crippen molar-refractivity contribution in [2.45, 2.75) is 41.5 Å². The lowest BCUT2D eigenvalue weighted by Crippen LogP contribution is -1.99. The molecular formula is C48H36. The van der Waals surface area contributed by atoms with Crippen LogP contribution in [-0.2, 0) is 0 Å². The molecule has 0 N–H and O–H groups in total. The van der Waals surface area contributed by atoms with Crippen LogP contribution in [0, 0.1) is 41.5 Å². The van der Waals surface area contributed by atoms with Gasteiger partial charge in [0.1, 0.15) is 0 Å². The molecule has 1 aliphatic rings. The van der Waals surface area contributed by atoms with Gasteiger partial charge in [-0.1, -0.05) is 120 Å². The van der Waals surface area contributed by atoms with E-state index in [-0.39, 0.29) is 0 Å². The predicted octanol–water partition coefficient (Wildman–Crippen LogP) is 13.7. The first-order chi connectivity index (χ1) is 23.3. The normalized spacial score (nSPS) is 12.4. The second-order valence-corrected chi connectivity index (χ2v) is 14.4. The molecule has 0 atom stereocenters. The fourth-order valence-corrected chi connectivity index (χ4v) is 9.80. The van der Waals surface area contributed by atoms with Crippen molar-refractivity contribution in [2.24, 2.45) is 0 Å². The monoisotopic (exact) mass is 612 g/mol. The molecule has 228 valence electrons. The summed E-state index contributed by atoms with van der Waals surface area (Å²) in [5, 5.41) is 13.5. The Labute approximate surface area is 281 Å². The van der Waals surface area contributed by atoms with Crippen molar-refractivity contribution in [3.8, 4) is 44.5 Å². The fraction of sp³-hybridized carbons (Fsp3) is 0.125. The summed E-state index contributed by atoms with van der Waals surface area (Å²) in [5.74, 6) is 0. The molecule has 1 aliphatic carbocycles. The van der Waals surface area contributed by atoms with Crippen LogP contribution in [0.25, 0.3) is 98.4 Å². The molecule has 9 aromatic carbocycles. The van der Waals surface area contributed by atoms with E-state index in [2.05, 4.69) is 151 Å². The smallest absolute Gasteiger partial charge is 0.000720 e. The highest BCUT2D eigenvalue weighted by atomic mass is 14.4. The summed E-state index contributed by atoms with van der Waals surface area (Å²) in [7, 11) is 0. The van der Waals surface area contributed by atoms with Crippen LogP contribution in [0.15, 0.2) is 109 Å². The maximum Gasteiger partial charge on any atom is -0.000720 e. The van der Waals surface area contributed by atoms with Gasteiger partial charge in [0.15, 0.2) is 0 Å². The molecule has 0 unspecified atom stereocenters. The zero-order chi connectivity index (χ0) is 32.6. The van der Waals surface area contributed by atoms with Gasteiger partial charge >= 0.3 is 0 Å². The first-order valence-corrected chi connectivity index (χ1v) is 17.2. The molecule has 0 nitrogen and oxygen atoms in total. The summed E-state index contributed by atoms with van der Waals surface area (Å²) in [5.41, 5.74) is 18.9. The summed E-state index contributed by atoms with van der Waals surface area (Å²) >= 11 is 0. The van der Waals surface area contributed by atoms with Gasteiger partial charge in [0.25, 0.3) is 0 Å². The molecule has 0 amide bonds. The van der Waals surface area contributed by atoms with Crippen molar-refractivity contribution >= 4 is 53.9 Å². The van der Waals surface area contributed by atoms with Crippen molar-refractivity contribution in [1.82, 2.24) is 0 Å². The summed E-state index contributed by atoms with van der Waals surface area (Å²) in [6.07, 6.45) is 0. The van der Waals surface area contributed by atoms with Crippen LogP contribution in [0.4, 0.5) is 0 Å². The summed E-state index contributed by atoms with van der Waals surface area (Å²) in [6.45, 7) is 13.6. The van der Waals surface area contributed by atoms with Gasteiger partial charge in [-0.3, -0.25) is 0 Å². The van der Waals surface area contributed by atoms with E-state index < -0.39 is 0 Å². The molecule has 0 saturated carbocycles. The molecule has 0 aromatic heterocycles. The van der Waals surface area contributed by atoms with E-state index in [4.69, 9.17) is 0 Å². The van der Waals surface area contributed by atoms with Gasteiger partial charge in [-0.15, -0.1) is 0 Å². The molecule has 9 aromatic rings. The SMILES string of the molecule is Cc1cc(C)c(-c2c3c(c(-c4c(C)cc(C)cc4C)c4ccccc24)-c2ccc4c5cccc6cccc(c7ccc-3c2c74)c65)c(C)c1. The predicted molar refractivity (Wildman–Crippen MR) is 209 cm³/mol. The molecular weight excluding hydrogens is 577 g/mol. The van der Waals surface area contributed by atoms with Crippen LogP contribution in [0.2, 0.25) is 0 Å². The molecule has 0 saturated heterocycles. The number of benzene rings is 9. The zero-order valence-electron chi connectivity index (χ0n) is 28.4. The Morgan fingerprint density at radius 2 is 0.688 bits per heavy atom. The van der Waals surface area contributed by atoms with Crippen LogP contribution in [0.5, 0.6) is 0 Å². The lowest BCUT2D eigenvalue weighted by molar-refractivity contribution is 1.32. The Balaban J connectivity index is 1.49. The molecule has 48 heavy (non-hydrogen) atoms. The van der Waals surface area contributed by atoms with Crippen molar-refractivity contribution in [3.63, 3.8) is 0 Å². The molecule has 0 spiro atoms. The van der Waals surface area contributed by atoms with Crippen molar-refractivity contribution in [3.05, 3.63) is 143 Å². The molecule has 10 rings (SSSR count). The van der Waals surface area contributed by atoms with Crippen LogP contribution in [0.3, 0.4) is 0 Å². The third kappa shape index (κ3) is 3.45. The maximum absolute atomic E-state index is 2.44. The Morgan fingerprint density at radius 3 is 1.12 bits per heavy atom. The standard InChI is InChI=1S/C48H36/c1-25-21-27(3)40(28(4)22-25)45-34-13-7-8-14-35(34)46(41-29(5)23-26(2)24-30(41)6)48-39-20-18-37-33-16-10-12-31-11-9-15-32(42(31)33)36-17-19-38(47(45)48)44(39)43(36)37/h7-24H,1-6H3. The van der Waals surface area contributed by atoms with E-state index in [1.54, 1.807) is 0 Å². The van der Waals surface area contributed by atoms with Crippen LogP contribution in [-0.4, -0.2) is 0 Å². The largest absolute Gasteiger partial charge is 0.0616 e. The van der Waals surface area contributed by atoms with Gasteiger partial charge in [0.05, 0.1) is 0 Å². The lowest BCUT2D eigenvalue weighted by atomic mass is 9.79. The first-order valence-electron chi connectivity index (χ1n) is 17.2. The van der Waals surface area contributed by atoms with Gasteiger partial charge in [-0.2, -0.15) is 0 Å². The highest BCUT2D eigenvalue weighted by Crippen LogP contribution is 2.60. The van der Waals surface area contributed by atoms with Gasteiger partial charge in [-0.05, 0) is 162 Å². The minimum absolute atomic E-state index is 1.31. The van der Waals surface area contributed by atoms with E-state index in [0.717, 1.165) is 0 Å². The molecule has 0 aliphatic heterocycles. The van der Waals surface area contributed by atoms with Gasteiger partial charge < -0.3 is 0 Å². The molecule has 0 bridgehead atoms. The van der Waals surface area contributed by atoms with E-state index in [0.29, 0.717) is 0 Å². The van der Waals surface area contributed by atoms with Crippen LogP contribution in [0.1, 0.15) is 33.4 Å². The fourth-order valence-electron chi connectivity index (χ4n) is 9.80. The second-order valence-electron chi connectivity index (χ2n) is 14.4. The molecule has 0 fully saturated rings. The number of rotatable bonds is 2. The van der Waals surface area contributed by atoms with E-state index in [1.807, 2.05) is 0 Å². The number of aryl methyl sites for hydroxylation is 6. The average Bonchev–Trinajstić information content (AvgIpc) is 3.40. The van der Waals surface area contributed by atoms with Crippen molar-refractivity contribution < 1.29 is 0 Å². The van der Waals surface area contributed by atoms with Crippen LogP contribution >= 0.6 is 0 Å². The second kappa shape index (κ2) is 9.55. The third-order valence-electron chi connectivity index (χ3n) is 11.3. The minimum Gasteiger partial charge on any atom is -0.0616 e. The summed E-state index contributed by atoms with van der Waals surface area (Å²) < 4.78 is 0. The van der Waals surface area contributed by atoms with Crippen molar-refractivity contribution in [2.75, 3.05) is 0 Å².